The summed E-state index contributed by atoms with van der Waals surface area (Å²) in [5, 5.41) is 18.0. The van der Waals surface area contributed by atoms with E-state index in [1.807, 2.05) is 24.3 Å². The van der Waals surface area contributed by atoms with Gasteiger partial charge in [0.15, 0.2) is 0 Å². The van der Waals surface area contributed by atoms with Crippen molar-refractivity contribution in [2.45, 2.75) is 115 Å². The molecule has 0 aromatic heterocycles. The second kappa shape index (κ2) is 14.9. The highest BCUT2D eigenvalue weighted by molar-refractivity contribution is 5.78. The SMILES string of the molecule is N#Cc1ccc(C2CCC(CCCCC(=O)CCCC[C@H]3CC[C@H](c4ccc(C#N)cc4)CC3)CC2)cc1. The lowest BCUT2D eigenvalue weighted by Gasteiger charge is -2.29. The van der Waals surface area contributed by atoms with Crippen LogP contribution in [0.3, 0.4) is 0 Å². The smallest absolute Gasteiger partial charge is 0.132 e. The van der Waals surface area contributed by atoms with Gasteiger partial charge in [-0.15, -0.1) is 0 Å². The van der Waals surface area contributed by atoms with Crippen LogP contribution in [0.25, 0.3) is 0 Å². The zero-order chi connectivity index (χ0) is 26.6. The van der Waals surface area contributed by atoms with Crippen LogP contribution in [0, 0.1) is 34.5 Å². The molecule has 0 aliphatic heterocycles. The van der Waals surface area contributed by atoms with Crippen LogP contribution in [-0.2, 0) is 4.79 Å². The second-order valence-electron chi connectivity index (χ2n) is 11.9. The first-order valence-electron chi connectivity index (χ1n) is 15.2. The second-order valence-corrected chi connectivity index (χ2v) is 11.9. The molecule has 0 N–H and O–H groups in total. The fourth-order valence-corrected chi connectivity index (χ4v) is 6.86. The lowest BCUT2D eigenvalue weighted by molar-refractivity contribution is -0.119. The largest absolute Gasteiger partial charge is 0.300 e. The van der Waals surface area contributed by atoms with E-state index in [1.54, 1.807) is 0 Å². The highest BCUT2D eigenvalue weighted by Crippen LogP contribution is 2.39. The van der Waals surface area contributed by atoms with Gasteiger partial charge in [-0.2, -0.15) is 10.5 Å². The number of nitrogens with zero attached hydrogens (tertiary/aromatic N) is 2. The molecule has 2 aliphatic carbocycles. The maximum Gasteiger partial charge on any atom is 0.132 e. The van der Waals surface area contributed by atoms with Crippen molar-refractivity contribution in [2.24, 2.45) is 11.8 Å². The number of ketones is 1. The third-order valence-corrected chi connectivity index (χ3v) is 9.35. The summed E-state index contributed by atoms with van der Waals surface area (Å²) in [6, 6.07) is 20.8. The molecule has 4 rings (SSSR count). The van der Waals surface area contributed by atoms with Gasteiger partial charge in [-0.1, -0.05) is 49.9 Å². The zero-order valence-electron chi connectivity index (χ0n) is 23.0. The molecule has 0 bridgehead atoms. The quantitative estimate of drug-likeness (QED) is 0.268. The Morgan fingerprint density at radius 2 is 0.947 bits per heavy atom. The van der Waals surface area contributed by atoms with Crippen LogP contribution in [0.15, 0.2) is 48.5 Å². The van der Waals surface area contributed by atoms with Crippen molar-refractivity contribution in [3.63, 3.8) is 0 Å². The van der Waals surface area contributed by atoms with E-state index in [0.717, 1.165) is 48.6 Å². The number of hydrogen-bond acceptors (Lipinski definition) is 3. The van der Waals surface area contributed by atoms with Crippen molar-refractivity contribution in [3.8, 4) is 12.1 Å². The summed E-state index contributed by atoms with van der Waals surface area (Å²) < 4.78 is 0. The van der Waals surface area contributed by atoms with Gasteiger partial charge in [-0.25, -0.2) is 0 Å². The van der Waals surface area contributed by atoms with Crippen molar-refractivity contribution in [2.75, 3.05) is 0 Å². The first-order chi connectivity index (χ1) is 18.6. The summed E-state index contributed by atoms with van der Waals surface area (Å²) in [4.78, 5) is 12.4. The molecule has 0 spiro atoms. The highest BCUT2D eigenvalue weighted by atomic mass is 16.1. The van der Waals surface area contributed by atoms with Crippen LogP contribution in [0.2, 0.25) is 0 Å². The number of carbonyl (C=O) groups is 1. The van der Waals surface area contributed by atoms with E-state index >= 15 is 0 Å². The summed E-state index contributed by atoms with van der Waals surface area (Å²) in [5.74, 6) is 3.42. The monoisotopic (exact) mass is 508 g/mol. The summed E-state index contributed by atoms with van der Waals surface area (Å²) in [5.41, 5.74) is 4.28. The Hall–Kier alpha value is -2.91. The first kappa shape index (κ1) is 28.1. The molecule has 3 heteroatoms. The van der Waals surface area contributed by atoms with Gasteiger partial charge in [0.05, 0.1) is 23.3 Å². The lowest BCUT2D eigenvalue weighted by atomic mass is 9.77. The van der Waals surface area contributed by atoms with Crippen molar-refractivity contribution in [1.29, 1.82) is 10.5 Å². The van der Waals surface area contributed by atoms with Crippen LogP contribution in [-0.4, -0.2) is 5.78 Å². The highest BCUT2D eigenvalue weighted by Gasteiger charge is 2.23. The van der Waals surface area contributed by atoms with Crippen molar-refractivity contribution >= 4 is 5.78 Å². The van der Waals surface area contributed by atoms with Gasteiger partial charge >= 0.3 is 0 Å². The Bertz CT molecular complexity index is 985. The molecule has 2 aromatic rings. The molecule has 2 aromatic carbocycles. The van der Waals surface area contributed by atoms with Gasteiger partial charge in [-0.05, 0) is 123 Å². The Morgan fingerprint density at radius 3 is 1.29 bits per heavy atom. The molecular weight excluding hydrogens is 464 g/mol. The van der Waals surface area contributed by atoms with Crippen molar-refractivity contribution in [3.05, 3.63) is 70.8 Å². The molecule has 2 saturated carbocycles. The molecule has 0 radical (unpaired) electrons. The number of carbonyl (C=O) groups excluding carboxylic acids is 1. The van der Waals surface area contributed by atoms with E-state index in [9.17, 15) is 4.79 Å². The lowest BCUT2D eigenvalue weighted by Crippen LogP contribution is -2.13. The summed E-state index contributed by atoms with van der Waals surface area (Å²) in [7, 11) is 0. The number of hydrogen-bond donors (Lipinski definition) is 0. The average molecular weight is 509 g/mol. The molecule has 2 aliphatic rings. The van der Waals surface area contributed by atoms with E-state index in [0.29, 0.717) is 17.6 Å². The van der Waals surface area contributed by atoms with E-state index < -0.39 is 0 Å². The van der Waals surface area contributed by atoms with Crippen LogP contribution in [0.1, 0.15) is 137 Å². The maximum atomic E-state index is 12.4. The third kappa shape index (κ3) is 8.56. The Kier molecular flexibility index (Phi) is 11.0. The topological polar surface area (TPSA) is 64.7 Å². The van der Waals surface area contributed by atoms with Gasteiger partial charge in [0.2, 0.25) is 0 Å². The Labute approximate surface area is 230 Å². The van der Waals surface area contributed by atoms with Gasteiger partial charge in [0.1, 0.15) is 5.78 Å². The molecule has 38 heavy (non-hydrogen) atoms. The average Bonchev–Trinajstić information content (AvgIpc) is 2.98. The standard InChI is InChI=1S/C35H44N2O/c36-25-29-13-21-33(22-14-29)31-17-9-27(10-18-31)5-1-3-7-35(38)8-4-2-6-28-11-19-32(20-12-28)34-23-15-30(26-37)16-24-34/h13-16,21-24,27-28,31-32H,1-12,17-20H2/t27-,28?,31-,32?. The van der Waals surface area contributed by atoms with Gasteiger partial charge in [-0.3, -0.25) is 4.79 Å². The summed E-state index contributed by atoms with van der Waals surface area (Å²) in [6.45, 7) is 0. The van der Waals surface area contributed by atoms with Gasteiger partial charge in [0, 0.05) is 12.8 Å². The number of unbranched alkanes of at least 4 members (excludes halogenated alkanes) is 2. The maximum absolute atomic E-state index is 12.4. The number of Topliss-reactive ketones (excluding diaryl/α,β-unsaturated/α-hetero) is 1. The van der Waals surface area contributed by atoms with Crippen LogP contribution >= 0.6 is 0 Å². The minimum atomic E-state index is 0.471. The van der Waals surface area contributed by atoms with E-state index in [2.05, 4.69) is 36.4 Å². The van der Waals surface area contributed by atoms with Crippen molar-refractivity contribution < 1.29 is 4.79 Å². The van der Waals surface area contributed by atoms with E-state index in [-0.39, 0.29) is 0 Å². The van der Waals surface area contributed by atoms with Gasteiger partial charge < -0.3 is 0 Å². The molecule has 0 heterocycles. The molecular formula is C35H44N2O. The molecule has 0 atom stereocenters. The Balaban J connectivity index is 1.000. The molecule has 0 saturated heterocycles. The summed E-state index contributed by atoms with van der Waals surface area (Å²) >= 11 is 0. The number of benzene rings is 2. The minimum Gasteiger partial charge on any atom is -0.300 e. The van der Waals surface area contributed by atoms with Crippen LogP contribution in [0.4, 0.5) is 0 Å². The number of nitriles is 2. The predicted molar refractivity (Wildman–Crippen MR) is 154 cm³/mol. The van der Waals surface area contributed by atoms with Gasteiger partial charge in [0.25, 0.3) is 0 Å². The molecule has 0 amide bonds. The zero-order valence-corrected chi connectivity index (χ0v) is 23.0. The molecule has 2 fully saturated rings. The van der Waals surface area contributed by atoms with Crippen LogP contribution < -0.4 is 0 Å². The molecule has 200 valence electrons. The third-order valence-electron chi connectivity index (χ3n) is 9.35. The Morgan fingerprint density at radius 1 is 0.579 bits per heavy atom. The van der Waals surface area contributed by atoms with Crippen LogP contribution in [0.5, 0.6) is 0 Å². The molecule has 0 unspecified atom stereocenters. The summed E-state index contributed by atoms with van der Waals surface area (Å²) in [6.07, 6.45) is 18.8. The van der Waals surface area contributed by atoms with E-state index in [4.69, 9.17) is 10.5 Å². The van der Waals surface area contributed by atoms with Crippen molar-refractivity contribution in [1.82, 2.24) is 0 Å². The molecule has 3 nitrogen and oxygen atoms in total. The first-order valence-corrected chi connectivity index (χ1v) is 15.2. The normalized spacial score (nSPS) is 23.3. The minimum absolute atomic E-state index is 0.471. The fourth-order valence-electron chi connectivity index (χ4n) is 6.86. The fraction of sp³-hybridized carbons (Fsp3) is 0.571. The van der Waals surface area contributed by atoms with E-state index in [1.165, 1.54) is 88.2 Å². The number of rotatable bonds is 12. The predicted octanol–water partition coefficient (Wildman–Crippen LogP) is 9.37.